The highest BCUT2D eigenvalue weighted by atomic mass is 35.5. The summed E-state index contributed by atoms with van der Waals surface area (Å²) in [5.41, 5.74) is 7.71. The molecule has 0 saturated carbocycles. The van der Waals surface area contributed by atoms with Gasteiger partial charge in [-0.3, -0.25) is 39.0 Å². The van der Waals surface area contributed by atoms with Gasteiger partial charge < -0.3 is 29.7 Å². The molecule has 3 fully saturated rings. The van der Waals surface area contributed by atoms with E-state index in [0.717, 1.165) is 97.2 Å². The molecule has 3 N–H and O–H groups in total. The van der Waals surface area contributed by atoms with Crippen LogP contribution in [-0.4, -0.2) is 125 Å². The van der Waals surface area contributed by atoms with Crippen LogP contribution in [0.25, 0.3) is 22.3 Å². The molecule has 0 radical (unpaired) electrons. The Morgan fingerprint density at radius 3 is 2.24 bits per heavy atom. The van der Waals surface area contributed by atoms with Crippen LogP contribution in [-0.2, 0) is 21.2 Å². The second kappa shape index (κ2) is 19.6. The van der Waals surface area contributed by atoms with Crippen LogP contribution < -0.4 is 35.8 Å². The molecule has 0 spiro atoms. The van der Waals surface area contributed by atoms with Gasteiger partial charge in [0.15, 0.2) is 5.82 Å². The molecular formula is C52H55ClN11O6P. The number of carbonyl (C=O) groups is 4. The minimum absolute atomic E-state index is 0.0804. The van der Waals surface area contributed by atoms with Crippen LogP contribution in [0.15, 0.2) is 97.5 Å². The Kier molecular flexibility index (Phi) is 13.1. The molecule has 19 heteroatoms. The first-order chi connectivity index (χ1) is 34.2. The first-order valence-electron chi connectivity index (χ1n) is 23.8. The summed E-state index contributed by atoms with van der Waals surface area (Å²) in [6.45, 7) is 9.47. The molecule has 4 amide bonds. The van der Waals surface area contributed by atoms with E-state index in [4.69, 9.17) is 21.3 Å². The van der Waals surface area contributed by atoms with E-state index < -0.39 is 36.8 Å². The van der Waals surface area contributed by atoms with Gasteiger partial charge in [-0.25, -0.2) is 4.98 Å². The second-order valence-electron chi connectivity index (χ2n) is 19.0. The number of rotatable bonds is 13. The first-order valence-corrected chi connectivity index (χ1v) is 26.8. The third-order valence-corrected chi connectivity index (χ3v) is 15.7. The van der Waals surface area contributed by atoms with Gasteiger partial charge in [0.25, 0.3) is 11.8 Å². The van der Waals surface area contributed by atoms with Crippen LogP contribution in [0.2, 0.25) is 5.02 Å². The monoisotopic (exact) mass is 995 g/mol. The van der Waals surface area contributed by atoms with Gasteiger partial charge >= 0.3 is 0 Å². The predicted molar refractivity (Wildman–Crippen MR) is 276 cm³/mol. The fraction of sp³-hybridized carbons (Fsp3) is 0.327. The fourth-order valence-corrected chi connectivity index (χ4v) is 11.4. The normalized spacial score (nSPS) is 17.9. The number of fused-ring (bicyclic) bond motifs is 1. The van der Waals surface area contributed by atoms with Crippen LogP contribution in [0.3, 0.4) is 0 Å². The number of carbonyl (C=O) groups excluding carboxylic acids is 4. The number of hydrogen-bond donors (Lipinski definition) is 3. The standard InChI is InChI=1S/C52H55ClN11O6P/c1-60-31-35(28-55-60)38-26-42(57-52-54-29-40(53)48(59-52)56-41-13-10-34(24-46(41)71(3,4)69)33-8-6-5-7-9-33)45(70-2)27-44(38)63-18-16-32(17-19-63)30-61-20-22-62(23-21-61)36-11-12-37-39(25-36)51(68)64(50(37)67)43-14-15-47(65)58-49(43)66/h5-13,24-29,31-32,43H,14-23,30H2,1-4H3,(H,58,65,66)(H2,54,56,57,59)/t43-/m0/s1. The predicted octanol–water partition coefficient (Wildman–Crippen LogP) is 7.38. The number of imide groups is 2. The Morgan fingerprint density at radius 1 is 0.775 bits per heavy atom. The van der Waals surface area contributed by atoms with Crippen molar-refractivity contribution in [2.24, 2.45) is 13.0 Å². The van der Waals surface area contributed by atoms with Crippen LogP contribution in [0, 0.1) is 5.92 Å². The molecule has 71 heavy (non-hydrogen) atoms. The molecular weight excluding hydrogens is 941 g/mol. The number of anilines is 6. The molecule has 2 aromatic heterocycles. The highest BCUT2D eigenvalue weighted by Gasteiger charge is 2.45. The number of piperazine rings is 1. The van der Waals surface area contributed by atoms with E-state index in [1.165, 1.54) is 6.20 Å². The molecule has 0 aliphatic carbocycles. The minimum atomic E-state index is -2.74. The molecule has 6 heterocycles. The van der Waals surface area contributed by atoms with Gasteiger partial charge in [-0.2, -0.15) is 10.1 Å². The zero-order valence-corrected chi connectivity index (χ0v) is 41.7. The molecule has 17 nitrogen and oxygen atoms in total. The Labute approximate surface area is 416 Å². The summed E-state index contributed by atoms with van der Waals surface area (Å²) < 4.78 is 21.4. The van der Waals surface area contributed by atoms with E-state index in [1.807, 2.05) is 74.0 Å². The van der Waals surface area contributed by atoms with Gasteiger partial charge in [-0.05, 0) is 86.0 Å². The van der Waals surface area contributed by atoms with Crippen molar-refractivity contribution < 1.29 is 28.5 Å². The summed E-state index contributed by atoms with van der Waals surface area (Å²) in [5, 5.41) is 14.5. The smallest absolute Gasteiger partial charge is 0.262 e. The van der Waals surface area contributed by atoms with Crippen molar-refractivity contribution >= 4 is 82.2 Å². The third-order valence-electron chi connectivity index (χ3n) is 13.9. The number of nitrogens with zero attached hydrogens (tertiary/aromatic N) is 8. The molecule has 6 aromatic rings. The van der Waals surface area contributed by atoms with Crippen molar-refractivity contribution in [1.29, 1.82) is 0 Å². The van der Waals surface area contributed by atoms with E-state index in [9.17, 15) is 23.7 Å². The molecule has 4 aliphatic heterocycles. The number of ether oxygens (including phenoxy) is 1. The number of piperidine rings is 2. The van der Waals surface area contributed by atoms with Crippen LogP contribution in [0.1, 0.15) is 46.4 Å². The molecule has 4 aliphatic rings. The molecule has 366 valence electrons. The molecule has 1 atom stereocenters. The molecule has 0 unspecified atom stereocenters. The zero-order chi connectivity index (χ0) is 49.6. The summed E-state index contributed by atoms with van der Waals surface area (Å²) in [6.07, 6.45) is 7.62. The largest absolute Gasteiger partial charge is 0.494 e. The SMILES string of the molecule is COc1cc(N2CCC(CN3CCN(c4ccc5c(c4)C(=O)N([C@H]4CCC(=O)NC4=O)C5=O)CC3)CC2)c(-c2cnn(C)c2)cc1Nc1ncc(Cl)c(Nc2ccc(-c3ccccc3)cc2P(C)(C)=O)n1. The molecule has 0 bridgehead atoms. The highest BCUT2D eigenvalue weighted by molar-refractivity contribution is 7.70. The summed E-state index contributed by atoms with van der Waals surface area (Å²) in [5.74, 6) is -0.241. The van der Waals surface area contributed by atoms with E-state index in [2.05, 4.69) is 52.9 Å². The lowest BCUT2D eigenvalue weighted by Crippen LogP contribution is -2.54. The topological polar surface area (TPSA) is 187 Å². The van der Waals surface area contributed by atoms with Gasteiger partial charge in [-0.1, -0.05) is 48.0 Å². The van der Waals surface area contributed by atoms with Crippen molar-refractivity contribution in [3.63, 3.8) is 0 Å². The molecule has 4 aromatic carbocycles. The Morgan fingerprint density at radius 2 is 1.54 bits per heavy atom. The van der Waals surface area contributed by atoms with Crippen molar-refractivity contribution in [2.75, 3.05) is 86.7 Å². The number of hydrogen-bond acceptors (Lipinski definition) is 14. The maximum Gasteiger partial charge on any atom is 0.262 e. The van der Waals surface area contributed by atoms with E-state index in [-0.39, 0.29) is 24.4 Å². The molecule has 3 saturated heterocycles. The van der Waals surface area contributed by atoms with Gasteiger partial charge in [0, 0.05) is 99.4 Å². The van der Waals surface area contributed by atoms with Gasteiger partial charge in [-0.15, -0.1) is 0 Å². The van der Waals surface area contributed by atoms with Gasteiger partial charge in [0.05, 0.1) is 42.0 Å². The van der Waals surface area contributed by atoms with Crippen molar-refractivity contribution in [3.05, 3.63) is 114 Å². The lowest BCUT2D eigenvalue weighted by atomic mass is 9.94. The second-order valence-corrected chi connectivity index (χ2v) is 22.5. The summed E-state index contributed by atoms with van der Waals surface area (Å²) in [4.78, 5) is 68.5. The number of aromatic nitrogens is 4. The van der Waals surface area contributed by atoms with Crippen LogP contribution >= 0.6 is 18.7 Å². The Hall–Kier alpha value is -7.07. The van der Waals surface area contributed by atoms with Crippen molar-refractivity contribution in [2.45, 2.75) is 31.7 Å². The van der Waals surface area contributed by atoms with Gasteiger partial charge in [0.2, 0.25) is 17.8 Å². The number of amides is 4. The average molecular weight is 997 g/mol. The fourth-order valence-electron chi connectivity index (χ4n) is 10.1. The maximum atomic E-state index is 13.6. The number of aryl methyl sites for hydroxylation is 1. The Balaban J connectivity index is 0.797. The summed E-state index contributed by atoms with van der Waals surface area (Å²) >= 11 is 6.70. The van der Waals surface area contributed by atoms with Crippen LogP contribution in [0.4, 0.5) is 34.5 Å². The quantitative estimate of drug-likeness (QED) is 0.0769. The summed E-state index contributed by atoms with van der Waals surface area (Å²) in [6, 6.07) is 24.3. The lowest BCUT2D eigenvalue weighted by Gasteiger charge is -2.40. The lowest BCUT2D eigenvalue weighted by molar-refractivity contribution is -0.136. The van der Waals surface area contributed by atoms with E-state index in [0.29, 0.717) is 44.8 Å². The minimum Gasteiger partial charge on any atom is -0.494 e. The van der Waals surface area contributed by atoms with Crippen LogP contribution in [0.5, 0.6) is 5.75 Å². The summed E-state index contributed by atoms with van der Waals surface area (Å²) in [7, 11) is 0.802. The number of nitrogens with one attached hydrogen (secondary N) is 3. The Bertz CT molecular complexity index is 3110. The first kappa shape index (κ1) is 47.6. The third kappa shape index (κ3) is 9.86. The highest BCUT2D eigenvalue weighted by Crippen LogP contribution is 2.43. The van der Waals surface area contributed by atoms with Crippen molar-refractivity contribution in [1.82, 2.24) is 34.9 Å². The zero-order valence-electron chi connectivity index (χ0n) is 40.0. The number of halogens is 1. The van der Waals surface area contributed by atoms with Crippen molar-refractivity contribution in [3.8, 4) is 28.0 Å². The molecule has 10 rings (SSSR count). The average Bonchev–Trinajstić information content (AvgIpc) is 3.91. The maximum absolute atomic E-state index is 13.6. The number of methoxy groups -OCH3 is 1. The van der Waals surface area contributed by atoms with Gasteiger partial charge in [0.1, 0.15) is 24.0 Å². The number of benzene rings is 4. The van der Waals surface area contributed by atoms with E-state index >= 15 is 0 Å². The van der Waals surface area contributed by atoms with E-state index in [1.54, 1.807) is 37.3 Å².